The minimum Gasteiger partial charge on any atom is -0.439 e. The van der Waals surface area contributed by atoms with Crippen molar-refractivity contribution in [3.63, 3.8) is 0 Å². The smallest absolute Gasteiger partial charge is 0.439 e. The molecule has 1 aromatic heterocycles. The van der Waals surface area contributed by atoms with Gasteiger partial charge in [0.25, 0.3) is 0 Å². The Labute approximate surface area is 141 Å². The van der Waals surface area contributed by atoms with E-state index in [-0.39, 0.29) is 11.2 Å². The van der Waals surface area contributed by atoms with Gasteiger partial charge in [-0.2, -0.15) is 0 Å². The van der Waals surface area contributed by atoms with Crippen molar-refractivity contribution in [2.24, 2.45) is 0 Å². The number of rotatable bonds is 3. The lowest BCUT2D eigenvalue weighted by Gasteiger charge is -2.32. The fourth-order valence-electron chi connectivity index (χ4n) is 2.19. The largest absolute Gasteiger partial charge is 0.496 e. The molecule has 23 heavy (non-hydrogen) atoms. The second-order valence-corrected chi connectivity index (χ2v) is 7.01. The van der Waals surface area contributed by atoms with Crippen LogP contribution in [0.4, 0.5) is 0 Å². The zero-order valence-electron chi connectivity index (χ0n) is 13.7. The zero-order valence-corrected chi connectivity index (χ0v) is 14.4. The van der Waals surface area contributed by atoms with Gasteiger partial charge in [-0.3, -0.25) is 0 Å². The first-order chi connectivity index (χ1) is 10.8. The van der Waals surface area contributed by atoms with Crippen molar-refractivity contribution >= 4 is 24.2 Å². The third-order valence-corrected chi connectivity index (χ3v) is 4.57. The molecule has 4 nitrogen and oxygen atoms in total. The van der Waals surface area contributed by atoms with Gasteiger partial charge in [-0.1, -0.05) is 17.7 Å². The molecule has 1 saturated heterocycles. The van der Waals surface area contributed by atoms with Crippen LogP contribution in [0.3, 0.4) is 0 Å². The Kier molecular flexibility index (Phi) is 4.13. The van der Waals surface area contributed by atoms with Crippen LogP contribution in [0.2, 0.25) is 5.02 Å². The van der Waals surface area contributed by atoms with E-state index in [4.69, 9.17) is 25.6 Å². The quantitative estimate of drug-likeness (QED) is 0.802. The van der Waals surface area contributed by atoms with E-state index in [2.05, 4.69) is 4.98 Å². The molecule has 0 saturated carbocycles. The third kappa shape index (κ3) is 3.37. The molecule has 1 fully saturated rings. The van der Waals surface area contributed by atoms with Crippen molar-refractivity contribution < 1.29 is 14.0 Å². The maximum absolute atomic E-state index is 6.00. The van der Waals surface area contributed by atoms with Gasteiger partial charge in [-0.25, -0.2) is 4.98 Å². The molecule has 2 aromatic rings. The van der Waals surface area contributed by atoms with Crippen LogP contribution in [-0.2, 0) is 9.31 Å². The van der Waals surface area contributed by atoms with E-state index in [0.29, 0.717) is 16.7 Å². The number of halogens is 1. The van der Waals surface area contributed by atoms with Crippen LogP contribution >= 0.6 is 11.6 Å². The summed E-state index contributed by atoms with van der Waals surface area (Å²) < 4.78 is 17.7. The normalized spacial score (nSPS) is 18.9. The molecule has 1 aromatic carbocycles. The van der Waals surface area contributed by atoms with E-state index in [9.17, 15) is 0 Å². The lowest BCUT2D eigenvalue weighted by Crippen LogP contribution is -2.41. The van der Waals surface area contributed by atoms with Gasteiger partial charge in [0.15, 0.2) is 0 Å². The Balaban J connectivity index is 1.72. The van der Waals surface area contributed by atoms with Crippen molar-refractivity contribution in [2.45, 2.75) is 38.9 Å². The molecule has 0 atom stereocenters. The summed E-state index contributed by atoms with van der Waals surface area (Å²) in [5, 5.41) is 0.668. The standard InChI is InChI=1S/C17H19BClNO3/c1-16(2)17(3,4)23-18(22-16)12-5-10-15(20-11-12)21-14-8-6-13(19)7-9-14/h5-11H,1-4H3. The molecule has 0 unspecified atom stereocenters. The van der Waals surface area contributed by atoms with E-state index in [1.165, 1.54) is 0 Å². The number of nitrogens with zero attached hydrogens (tertiary/aromatic N) is 1. The molecule has 0 aliphatic carbocycles. The number of pyridine rings is 1. The van der Waals surface area contributed by atoms with Gasteiger partial charge in [-0.05, 0) is 52.0 Å². The maximum Gasteiger partial charge on any atom is 0.496 e. The van der Waals surface area contributed by atoms with Gasteiger partial charge < -0.3 is 14.0 Å². The van der Waals surface area contributed by atoms with Crippen LogP contribution in [0.25, 0.3) is 0 Å². The van der Waals surface area contributed by atoms with Crippen LogP contribution in [0.5, 0.6) is 11.6 Å². The highest BCUT2D eigenvalue weighted by molar-refractivity contribution is 6.62. The van der Waals surface area contributed by atoms with Gasteiger partial charge in [0.05, 0.1) is 11.2 Å². The molecule has 1 aliphatic heterocycles. The first kappa shape index (κ1) is 16.3. The molecule has 0 radical (unpaired) electrons. The summed E-state index contributed by atoms with van der Waals surface area (Å²) in [5.74, 6) is 1.19. The predicted octanol–water partition coefficient (Wildman–Crippen LogP) is 3.83. The molecular weight excluding hydrogens is 312 g/mol. The molecule has 2 heterocycles. The summed E-state index contributed by atoms with van der Waals surface area (Å²) in [5.41, 5.74) is 0.138. The van der Waals surface area contributed by atoms with Crippen LogP contribution in [0, 0.1) is 0 Å². The van der Waals surface area contributed by atoms with E-state index >= 15 is 0 Å². The van der Waals surface area contributed by atoms with E-state index in [1.54, 1.807) is 36.5 Å². The average Bonchev–Trinajstić information content (AvgIpc) is 2.71. The lowest BCUT2D eigenvalue weighted by molar-refractivity contribution is 0.00578. The molecule has 120 valence electrons. The number of ether oxygens (including phenoxy) is 1. The van der Waals surface area contributed by atoms with E-state index < -0.39 is 7.12 Å². The first-order valence-electron chi connectivity index (χ1n) is 7.52. The van der Waals surface area contributed by atoms with Gasteiger partial charge >= 0.3 is 7.12 Å². The number of hydrogen-bond donors (Lipinski definition) is 0. The summed E-state index contributed by atoms with van der Waals surface area (Å²) in [6.07, 6.45) is 1.72. The number of hydrogen-bond acceptors (Lipinski definition) is 4. The fraction of sp³-hybridized carbons (Fsp3) is 0.353. The topological polar surface area (TPSA) is 40.6 Å². The Morgan fingerprint density at radius 2 is 1.57 bits per heavy atom. The Bertz CT molecular complexity index is 670. The lowest BCUT2D eigenvalue weighted by atomic mass is 9.80. The summed E-state index contributed by atoms with van der Waals surface area (Å²) in [4.78, 5) is 4.32. The Morgan fingerprint density at radius 3 is 2.09 bits per heavy atom. The van der Waals surface area contributed by atoms with Crippen LogP contribution < -0.4 is 10.2 Å². The molecule has 0 amide bonds. The Morgan fingerprint density at radius 1 is 0.957 bits per heavy atom. The van der Waals surface area contributed by atoms with Crippen LogP contribution in [0.15, 0.2) is 42.6 Å². The van der Waals surface area contributed by atoms with Crippen LogP contribution in [0.1, 0.15) is 27.7 Å². The molecule has 3 rings (SSSR count). The molecule has 1 aliphatic rings. The summed E-state index contributed by atoms with van der Waals surface area (Å²) in [6.45, 7) is 8.10. The van der Waals surface area contributed by atoms with Gasteiger partial charge in [0.2, 0.25) is 5.88 Å². The minimum atomic E-state index is -0.419. The molecule has 6 heteroatoms. The van der Waals surface area contributed by atoms with Crippen molar-refractivity contribution in [3.8, 4) is 11.6 Å². The first-order valence-corrected chi connectivity index (χ1v) is 7.90. The molecular formula is C17H19BClNO3. The minimum absolute atomic E-state index is 0.365. The van der Waals surface area contributed by atoms with Crippen molar-refractivity contribution in [1.29, 1.82) is 0 Å². The highest BCUT2D eigenvalue weighted by Gasteiger charge is 2.51. The maximum atomic E-state index is 6.00. The van der Waals surface area contributed by atoms with E-state index in [0.717, 1.165) is 5.46 Å². The van der Waals surface area contributed by atoms with Gasteiger partial charge in [-0.15, -0.1) is 0 Å². The van der Waals surface area contributed by atoms with Crippen molar-refractivity contribution in [2.75, 3.05) is 0 Å². The number of aromatic nitrogens is 1. The average molecular weight is 332 g/mol. The molecule has 0 bridgehead atoms. The van der Waals surface area contributed by atoms with Gasteiger partial charge in [0, 0.05) is 22.7 Å². The summed E-state index contributed by atoms with van der Waals surface area (Å²) >= 11 is 5.86. The zero-order chi connectivity index (χ0) is 16.7. The Hall–Kier alpha value is -1.56. The summed E-state index contributed by atoms with van der Waals surface area (Å²) in [7, 11) is -0.419. The van der Waals surface area contributed by atoms with Crippen LogP contribution in [-0.4, -0.2) is 23.3 Å². The second-order valence-electron chi connectivity index (χ2n) is 6.57. The second kappa shape index (κ2) is 5.82. The van der Waals surface area contributed by atoms with E-state index in [1.807, 2.05) is 33.8 Å². The summed E-state index contributed by atoms with van der Waals surface area (Å²) in [6, 6.07) is 10.8. The molecule has 0 N–H and O–H groups in total. The highest BCUT2D eigenvalue weighted by atomic mass is 35.5. The fourth-order valence-corrected chi connectivity index (χ4v) is 2.32. The van der Waals surface area contributed by atoms with Crippen molar-refractivity contribution in [3.05, 3.63) is 47.6 Å². The SMILES string of the molecule is CC1(C)OB(c2ccc(Oc3ccc(Cl)cc3)nc2)OC1(C)C. The third-order valence-electron chi connectivity index (χ3n) is 4.32. The monoisotopic (exact) mass is 331 g/mol. The highest BCUT2D eigenvalue weighted by Crippen LogP contribution is 2.36. The predicted molar refractivity (Wildman–Crippen MR) is 91.5 cm³/mol. The number of benzene rings is 1. The molecule has 0 spiro atoms. The van der Waals surface area contributed by atoms with Crippen molar-refractivity contribution in [1.82, 2.24) is 4.98 Å². The van der Waals surface area contributed by atoms with Gasteiger partial charge in [0.1, 0.15) is 5.75 Å².